The molecule has 3 rings (SSSR count). The number of aromatic nitrogens is 1. The number of nitrogens with zero attached hydrogens (tertiary/aromatic N) is 3. The topological polar surface area (TPSA) is 19.4 Å². The van der Waals surface area contributed by atoms with Crippen molar-refractivity contribution in [1.29, 1.82) is 0 Å². The van der Waals surface area contributed by atoms with E-state index in [4.69, 9.17) is 11.6 Å². The molecule has 1 aromatic carbocycles. The van der Waals surface area contributed by atoms with Gasteiger partial charge in [0.05, 0.1) is 15.6 Å². The highest BCUT2D eigenvalue weighted by atomic mass is 35.5. The monoisotopic (exact) mass is 333 g/mol. The summed E-state index contributed by atoms with van der Waals surface area (Å²) in [5.74, 6) is 1.55. The molecular weight excluding hydrogens is 314 g/mol. The zero-order valence-electron chi connectivity index (χ0n) is 13.1. The van der Waals surface area contributed by atoms with Gasteiger partial charge in [-0.1, -0.05) is 42.4 Å². The fourth-order valence-corrected chi connectivity index (χ4v) is 4.20. The van der Waals surface area contributed by atoms with Crippen molar-refractivity contribution in [3.63, 3.8) is 0 Å². The van der Waals surface area contributed by atoms with Crippen LogP contribution in [0.15, 0.2) is 46.3 Å². The van der Waals surface area contributed by atoms with E-state index < -0.39 is 0 Å². The zero-order valence-corrected chi connectivity index (χ0v) is 14.7. The summed E-state index contributed by atoms with van der Waals surface area (Å²) in [4.78, 5) is 11.5. The number of hydrogen-bond donors (Lipinski definition) is 0. The Bertz CT molecular complexity index is 675. The van der Waals surface area contributed by atoms with Crippen LogP contribution in [0.3, 0.4) is 0 Å². The van der Waals surface area contributed by atoms with Crippen LogP contribution in [-0.4, -0.2) is 37.1 Å². The standard InChI is InChI=1S/C17H20ClN3S/c1-12(10-20(2)3)11-21-14-6-4-5-7-15(14)22-16-8-13(18)9-19-17(16)21/h4-9,12H,10-11H2,1-3H3. The van der Waals surface area contributed by atoms with Gasteiger partial charge in [-0.25, -0.2) is 4.98 Å². The van der Waals surface area contributed by atoms with Crippen molar-refractivity contribution >= 4 is 34.9 Å². The molecule has 22 heavy (non-hydrogen) atoms. The maximum Gasteiger partial charge on any atom is 0.147 e. The first-order valence-corrected chi connectivity index (χ1v) is 8.58. The molecule has 0 fully saturated rings. The van der Waals surface area contributed by atoms with E-state index in [1.807, 2.05) is 6.07 Å². The molecule has 0 amide bonds. The summed E-state index contributed by atoms with van der Waals surface area (Å²) in [7, 11) is 4.23. The Balaban J connectivity index is 1.97. The minimum atomic E-state index is 0.538. The minimum Gasteiger partial charge on any atom is -0.324 e. The van der Waals surface area contributed by atoms with Gasteiger partial charge in [-0.15, -0.1) is 0 Å². The third kappa shape index (κ3) is 3.24. The van der Waals surface area contributed by atoms with Crippen molar-refractivity contribution < 1.29 is 0 Å². The van der Waals surface area contributed by atoms with Gasteiger partial charge in [0.25, 0.3) is 0 Å². The van der Waals surface area contributed by atoms with Crippen molar-refractivity contribution in [3.8, 4) is 0 Å². The first kappa shape index (κ1) is 15.7. The fourth-order valence-electron chi connectivity index (χ4n) is 2.87. The van der Waals surface area contributed by atoms with Gasteiger partial charge in [0.1, 0.15) is 5.82 Å². The van der Waals surface area contributed by atoms with E-state index in [0.29, 0.717) is 10.9 Å². The van der Waals surface area contributed by atoms with Gasteiger partial charge in [0.15, 0.2) is 0 Å². The van der Waals surface area contributed by atoms with Crippen LogP contribution < -0.4 is 4.90 Å². The lowest BCUT2D eigenvalue weighted by Crippen LogP contribution is -2.32. The molecule has 1 atom stereocenters. The Kier molecular flexibility index (Phi) is 4.62. The SMILES string of the molecule is CC(CN(C)C)CN1c2ccccc2Sc2cc(Cl)cnc21. The van der Waals surface area contributed by atoms with Gasteiger partial charge in [0.2, 0.25) is 0 Å². The summed E-state index contributed by atoms with van der Waals surface area (Å²) in [6, 6.07) is 10.5. The molecule has 0 spiro atoms. The number of hydrogen-bond acceptors (Lipinski definition) is 4. The van der Waals surface area contributed by atoms with E-state index in [2.05, 4.69) is 60.1 Å². The lowest BCUT2D eigenvalue weighted by Gasteiger charge is -2.34. The van der Waals surface area contributed by atoms with Crippen LogP contribution in [0.4, 0.5) is 11.5 Å². The van der Waals surface area contributed by atoms with Crippen LogP contribution in [-0.2, 0) is 0 Å². The molecule has 1 aliphatic heterocycles. The number of pyridine rings is 1. The third-order valence-corrected chi connectivity index (χ3v) is 4.89. The Labute approximate surface area is 141 Å². The highest BCUT2D eigenvalue weighted by molar-refractivity contribution is 7.99. The molecule has 0 bridgehead atoms. The fraction of sp³-hybridized carbons (Fsp3) is 0.353. The second-order valence-corrected chi connectivity index (χ2v) is 7.54. The molecular formula is C17H20ClN3S. The molecule has 116 valence electrons. The minimum absolute atomic E-state index is 0.538. The van der Waals surface area contributed by atoms with E-state index in [-0.39, 0.29) is 0 Å². The molecule has 2 aromatic rings. The maximum absolute atomic E-state index is 6.13. The smallest absolute Gasteiger partial charge is 0.147 e. The molecule has 1 aliphatic rings. The molecule has 0 saturated carbocycles. The second kappa shape index (κ2) is 6.49. The first-order chi connectivity index (χ1) is 10.5. The summed E-state index contributed by atoms with van der Waals surface area (Å²) in [6.07, 6.45) is 1.73. The van der Waals surface area contributed by atoms with Crippen LogP contribution >= 0.6 is 23.4 Å². The normalized spacial score (nSPS) is 14.7. The molecule has 0 radical (unpaired) electrons. The zero-order chi connectivity index (χ0) is 15.7. The highest BCUT2D eigenvalue weighted by Crippen LogP contribution is 2.47. The Morgan fingerprint density at radius 1 is 1.27 bits per heavy atom. The number of halogens is 1. The van der Waals surface area contributed by atoms with Crippen LogP contribution in [0.2, 0.25) is 5.02 Å². The second-order valence-electron chi connectivity index (χ2n) is 6.02. The Hall–Kier alpha value is -1.23. The van der Waals surface area contributed by atoms with E-state index in [1.165, 1.54) is 10.6 Å². The molecule has 3 nitrogen and oxygen atoms in total. The van der Waals surface area contributed by atoms with Crippen LogP contribution in [0, 0.1) is 5.92 Å². The number of rotatable bonds is 4. The van der Waals surface area contributed by atoms with E-state index in [0.717, 1.165) is 23.8 Å². The van der Waals surface area contributed by atoms with Crippen molar-refractivity contribution in [3.05, 3.63) is 41.6 Å². The largest absolute Gasteiger partial charge is 0.324 e. The third-order valence-electron chi connectivity index (χ3n) is 3.60. The van der Waals surface area contributed by atoms with Crippen molar-refractivity contribution in [2.24, 2.45) is 5.92 Å². The lowest BCUT2D eigenvalue weighted by molar-refractivity contribution is 0.342. The van der Waals surface area contributed by atoms with Gasteiger partial charge >= 0.3 is 0 Å². The Morgan fingerprint density at radius 3 is 2.82 bits per heavy atom. The number of para-hydroxylation sites is 1. The van der Waals surface area contributed by atoms with Crippen molar-refractivity contribution in [2.75, 3.05) is 32.1 Å². The van der Waals surface area contributed by atoms with E-state index in [1.54, 1.807) is 18.0 Å². The first-order valence-electron chi connectivity index (χ1n) is 7.39. The van der Waals surface area contributed by atoms with Crippen molar-refractivity contribution in [2.45, 2.75) is 16.7 Å². The van der Waals surface area contributed by atoms with Crippen LogP contribution in [0.5, 0.6) is 0 Å². The molecule has 5 heteroatoms. The molecule has 1 unspecified atom stereocenters. The predicted octanol–water partition coefficient (Wildman–Crippen LogP) is 4.54. The summed E-state index contributed by atoms with van der Waals surface area (Å²) >= 11 is 7.87. The van der Waals surface area contributed by atoms with Gasteiger partial charge in [0, 0.05) is 24.2 Å². The number of benzene rings is 1. The number of anilines is 2. The molecule has 0 N–H and O–H groups in total. The molecule has 0 aliphatic carbocycles. The Morgan fingerprint density at radius 2 is 2.05 bits per heavy atom. The average Bonchev–Trinajstić information content (AvgIpc) is 2.45. The molecule has 2 heterocycles. The number of fused-ring (bicyclic) bond motifs is 2. The van der Waals surface area contributed by atoms with Gasteiger partial charge in [-0.3, -0.25) is 0 Å². The van der Waals surface area contributed by atoms with Gasteiger partial charge in [-0.05, 0) is 38.2 Å². The lowest BCUT2D eigenvalue weighted by atomic mass is 10.1. The van der Waals surface area contributed by atoms with E-state index in [9.17, 15) is 0 Å². The predicted molar refractivity (Wildman–Crippen MR) is 94.5 cm³/mol. The van der Waals surface area contributed by atoms with Crippen LogP contribution in [0.25, 0.3) is 0 Å². The summed E-state index contributed by atoms with van der Waals surface area (Å²) in [5, 5.41) is 0.687. The summed E-state index contributed by atoms with van der Waals surface area (Å²) < 4.78 is 0. The van der Waals surface area contributed by atoms with Gasteiger partial charge in [-0.2, -0.15) is 0 Å². The molecule has 0 saturated heterocycles. The van der Waals surface area contributed by atoms with E-state index >= 15 is 0 Å². The average molecular weight is 334 g/mol. The maximum atomic E-state index is 6.13. The van der Waals surface area contributed by atoms with Gasteiger partial charge < -0.3 is 9.80 Å². The van der Waals surface area contributed by atoms with Crippen molar-refractivity contribution in [1.82, 2.24) is 9.88 Å². The summed E-state index contributed by atoms with van der Waals surface area (Å²) in [6.45, 7) is 4.27. The molecule has 1 aromatic heterocycles. The quantitative estimate of drug-likeness (QED) is 0.818. The summed E-state index contributed by atoms with van der Waals surface area (Å²) in [5.41, 5.74) is 1.24. The highest BCUT2D eigenvalue weighted by Gasteiger charge is 2.25. The van der Waals surface area contributed by atoms with Crippen LogP contribution in [0.1, 0.15) is 6.92 Å².